The van der Waals surface area contributed by atoms with E-state index in [1.165, 1.54) is 5.56 Å². The summed E-state index contributed by atoms with van der Waals surface area (Å²) < 4.78 is 0.108. The van der Waals surface area contributed by atoms with Crippen LogP contribution in [0.2, 0.25) is 0 Å². The van der Waals surface area contributed by atoms with Gasteiger partial charge in [0.2, 0.25) is 3.79 Å². The second-order valence-corrected chi connectivity index (χ2v) is 4.56. The number of benzene rings is 1. The summed E-state index contributed by atoms with van der Waals surface area (Å²) in [5.74, 6) is 0. The van der Waals surface area contributed by atoms with Crippen LogP contribution in [0.3, 0.4) is 0 Å². The highest BCUT2D eigenvalue weighted by atomic mass is 127. The predicted molar refractivity (Wildman–Crippen MR) is 61.9 cm³/mol. The number of alkyl halides is 1. The van der Waals surface area contributed by atoms with Gasteiger partial charge in [-0.2, -0.15) is 0 Å². The lowest BCUT2D eigenvalue weighted by Gasteiger charge is -2.04. The Hall–Kier alpha value is 0.1000. The summed E-state index contributed by atoms with van der Waals surface area (Å²) >= 11 is 5.11. The Balaban J connectivity index is 2.89. The molecule has 0 saturated heterocycles. The molecule has 1 nitrogen and oxygen atoms in total. The molecule has 0 fully saturated rings. The predicted octanol–water partition coefficient (Wildman–Crippen LogP) is 3.39. The summed E-state index contributed by atoms with van der Waals surface area (Å²) in [7, 11) is 0. The van der Waals surface area contributed by atoms with Gasteiger partial charge in [-0.05, 0) is 12.5 Å². The molecule has 1 aromatic carbocycles. The second kappa shape index (κ2) is 4.37. The van der Waals surface area contributed by atoms with Gasteiger partial charge in [-0.25, -0.2) is 0 Å². The van der Waals surface area contributed by atoms with Crippen molar-refractivity contribution in [2.45, 2.75) is 11.8 Å². The maximum Gasteiger partial charge on any atom is 0.210 e. The monoisotopic (exact) mass is 338 g/mol. The molecule has 0 N–H and O–H groups in total. The Morgan fingerprint density at radius 3 is 2.33 bits per heavy atom. The molecule has 0 aliphatic carbocycles. The molecule has 64 valence electrons. The third kappa shape index (κ3) is 2.55. The van der Waals surface area contributed by atoms with E-state index in [4.69, 9.17) is 0 Å². The summed E-state index contributed by atoms with van der Waals surface area (Å²) in [6.07, 6.45) is 0. The Bertz CT molecular complexity index is 281. The molecule has 0 radical (unpaired) electrons. The smallest absolute Gasteiger partial charge is 0.210 e. The lowest BCUT2D eigenvalue weighted by molar-refractivity contribution is -0.108. The summed E-state index contributed by atoms with van der Waals surface area (Å²) in [5, 5.41) is 0. The van der Waals surface area contributed by atoms with Crippen molar-refractivity contribution in [3.05, 3.63) is 35.4 Å². The van der Waals surface area contributed by atoms with E-state index in [2.05, 4.69) is 15.9 Å². The molecule has 3 heteroatoms. The second-order valence-electron chi connectivity index (χ2n) is 2.58. The summed E-state index contributed by atoms with van der Waals surface area (Å²) in [5.41, 5.74) is 2.22. The van der Waals surface area contributed by atoms with Gasteiger partial charge in [0, 0.05) is 22.6 Å². The van der Waals surface area contributed by atoms with Crippen molar-refractivity contribution >= 4 is 42.3 Å². The van der Waals surface area contributed by atoms with Crippen molar-refractivity contribution in [2.24, 2.45) is 0 Å². The van der Waals surface area contributed by atoms with Gasteiger partial charge >= 0.3 is 0 Å². The first kappa shape index (κ1) is 10.2. The molecule has 1 atom stereocenters. The molecule has 1 aromatic rings. The lowest BCUT2D eigenvalue weighted by atomic mass is 10.1. The quantitative estimate of drug-likeness (QED) is 0.459. The van der Waals surface area contributed by atoms with Crippen LogP contribution in [0.1, 0.15) is 16.0 Å². The Kier molecular flexibility index (Phi) is 3.71. The van der Waals surface area contributed by atoms with Gasteiger partial charge in [0.25, 0.3) is 0 Å². The summed E-state index contributed by atoms with van der Waals surface area (Å²) in [6, 6.07) is 7.93. The van der Waals surface area contributed by atoms with E-state index in [1.54, 1.807) is 22.6 Å². The number of halogens is 2. The fraction of sp³-hybridized carbons (Fsp3) is 0.222. The van der Waals surface area contributed by atoms with Crippen molar-refractivity contribution in [3.63, 3.8) is 0 Å². The molecule has 1 unspecified atom stereocenters. The number of carbonyl (C=O) groups is 1. The number of rotatable bonds is 2. The van der Waals surface area contributed by atoms with Crippen LogP contribution < -0.4 is 0 Å². The molecule has 1 rings (SSSR count). The largest absolute Gasteiger partial charge is 0.286 e. The lowest BCUT2D eigenvalue weighted by Crippen LogP contribution is -1.96. The van der Waals surface area contributed by atoms with Gasteiger partial charge in [0.1, 0.15) is 4.83 Å². The minimum Gasteiger partial charge on any atom is -0.286 e. The van der Waals surface area contributed by atoms with Crippen LogP contribution in [-0.2, 0) is 4.79 Å². The van der Waals surface area contributed by atoms with Gasteiger partial charge in [-0.1, -0.05) is 45.8 Å². The van der Waals surface area contributed by atoms with Gasteiger partial charge in [-0.15, -0.1) is 0 Å². The first-order valence-electron chi connectivity index (χ1n) is 3.51. The maximum atomic E-state index is 11.0. The van der Waals surface area contributed by atoms with E-state index in [0.717, 1.165) is 5.56 Å². The highest BCUT2D eigenvalue weighted by Gasteiger charge is 2.12. The number of aryl methyl sites for hydroxylation is 1. The van der Waals surface area contributed by atoms with Gasteiger partial charge in [0.05, 0.1) is 0 Å². The zero-order valence-corrected chi connectivity index (χ0v) is 10.3. The molecule has 0 spiro atoms. The fourth-order valence-electron chi connectivity index (χ4n) is 0.866. The molecular formula is C9H8BrIO. The standard InChI is InChI=1S/C9H8BrIO/c1-6-2-4-7(5-3-6)8(10)9(11)12/h2-5,8H,1H3. The molecule has 0 aliphatic rings. The molecule has 0 saturated carbocycles. The normalized spacial score (nSPS) is 12.6. The minimum atomic E-state index is -0.168. The van der Waals surface area contributed by atoms with E-state index in [9.17, 15) is 4.79 Å². The van der Waals surface area contributed by atoms with Crippen LogP contribution in [0.4, 0.5) is 0 Å². The van der Waals surface area contributed by atoms with E-state index in [1.807, 2.05) is 31.2 Å². The van der Waals surface area contributed by atoms with Crippen molar-refractivity contribution in [3.8, 4) is 0 Å². The van der Waals surface area contributed by atoms with E-state index >= 15 is 0 Å². The highest BCUT2D eigenvalue weighted by Crippen LogP contribution is 2.26. The van der Waals surface area contributed by atoms with Crippen LogP contribution >= 0.6 is 38.5 Å². The Morgan fingerprint density at radius 2 is 1.92 bits per heavy atom. The number of carbonyl (C=O) groups excluding carboxylic acids is 1. The molecule has 0 bridgehead atoms. The summed E-state index contributed by atoms with van der Waals surface area (Å²) in [6.45, 7) is 2.03. The average Bonchev–Trinajstić information content (AvgIpc) is 2.04. The average molecular weight is 339 g/mol. The molecule has 12 heavy (non-hydrogen) atoms. The van der Waals surface area contributed by atoms with E-state index in [-0.39, 0.29) is 8.62 Å². The molecule has 0 aromatic heterocycles. The van der Waals surface area contributed by atoms with Crippen molar-refractivity contribution in [1.29, 1.82) is 0 Å². The number of hydrogen-bond donors (Lipinski definition) is 0. The number of hydrogen-bond acceptors (Lipinski definition) is 1. The van der Waals surface area contributed by atoms with Crippen molar-refractivity contribution in [1.82, 2.24) is 0 Å². The first-order chi connectivity index (χ1) is 5.61. The third-order valence-corrected chi connectivity index (χ3v) is 3.99. The maximum absolute atomic E-state index is 11.0. The molecular weight excluding hydrogens is 331 g/mol. The zero-order valence-electron chi connectivity index (χ0n) is 6.55. The SMILES string of the molecule is Cc1ccc(C(Br)C(=O)I)cc1. The third-order valence-electron chi connectivity index (χ3n) is 1.57. The topological polar surface area (TPSA) is 17.1 Å². The highest BCUT2D eigenvalue weighted by molar-refractivity contribution is 14.1. The van der Waals surface area contributed by atoms with Crippen LogP contribution in [0.5, 0.6) is 0 Å². The van der Waals surface area contributed by atoms with Crippen LogP contribution in [-0.4, -0.2) is 3.79 Å². The van der Waals surface area contributed by atoms with Crippen molar-refractivity contribution < 1.29 is 4.79 Å². The Labute approximate surface area is 93.8 Å². The van der Waals surface area contributed by atoms with Gasteiger partial charge in [0.15, 0.2) is 0 Å². The minimum absolute atomic E-state index is 0.108. The van der Waals surface area contributed by atoms with E-state index < -0.39 is 0 Å². The van der Waals surface area contributed by atoms with Crippen LogP contribution in [0, 0.1) is 6.92 Å². The van der Waals surface area contributed by atoms with Crippen molar-refractivity contribution in [2.75, 3.05) is 0 Å². The summed E-state index contributed by atoms with van der Waals surface area (Å²) in [4.78, 5) is 10.8. The fourth-order valence-corrected chi connectivity index (χ4v) is 1.53. The van der Waals surface area contributed by atoms with Crippen LogP contribution in [0.25, 0.3) is 0 Å². The van der Waals surface area contributed by atoms with Gasteiger partial charge < -0.3 is 0 Å². The van der Waals surface area contributed by atoms with Crippen LogP contribution in [0.15, 0.2) is 24.3 Å². The molecule has 0 heterocycles. The van der Waals surface area contributed by atoms with Gasteiger partial charge in [-0.3, -0.25) is 4.79 Å². The first-order valence-corrected chi connectivity index (χ1v) is 5.50. The Morgan fingerprint density at radius 1 is 1.42 bits per heavy atom. The molecule has 0 amide bonds. The molecule has 0 aliphatic heterocycles. The zero-order chi connectivity index (χ0) is 9.14. The van der Waals surface area contributed by atoms with E-state index in [0.29, 0.717) is 0 Å².